The van der Waals surface area contributed by atoms with E-state index in [1.54, 1.807) is 55.4 Å². The molecule has 0 aliphatic carbocycles. The summed E-state index contributed by atoms with van der Waals surface area (Å²) in [6.07, 6.45) is -1.89. The summed E-state index contributed by atoms with van der Waals surface area (Å²) in [5.41, 5.74) is 0.609. The van der Waals surface area contributed by atoms with Crippen molar-refractivity contribution in [2.75, 3.05) is 0 Å². The second-order valence-corrected chi connectivity index (χ2v) is 9.91. The van der Waals surface area contributed by atoms with Crippen molar-refractivity contribution in [2.24, 2.45) is 23.7 Å². The molecule has 1 aromatic rings. The molecule has 0 aromatic carbocycles. The third-order valence-electron chi connectivity index (χ3n) is 7.46. The lowest BCUT2D eigenvalue weighted by Gasteiger charge is -2.31. The molecule has 1 rings (SSSR count). The molecule has 0 amide bonds. The van der Waals surface area contributed by atoms with Gasteiger partial charge in [0.25, 0.3) is 0 Å². The first-order chi connectivity index (χ1) is 16.6. The van der Waals surface area contributed by atoms with Crippen LogP contribution in [0, 0.1) is 44.4 Å². The number of aryl methyl sites for hydroxylation is 1. The summed E-state index contributed by atoms with van der Waals surface area (Å²) in [7, 11) is 0. The van der Waals surface area contributed by atoms with Crippen molar-refractivity contribution in [1.82, 2.24) is 0 Å². The lowest BCUT2D eigenvalue weighted by Crippen LogP contribution is -2.43. The van der Waals surface area contributed by atoms with Crippen LogP contribution < -0.4 is 5.43 Å². The normalized spacial score (nSPS) is 17.3. The highest BCUT2D eigenvalue weighted by molar-refractivity contribution is 5.88. The van der Waals surface area contributed by atoms with Crippen molar-refractivity contribution in [3.8, 4) is 0 Å². The Bertz CT molecular complexity index is 1010. The number of carbonyl (C=O) groups is 4. The monoisotopic (exact) mass is 506 g/mol. The number of aliphatic hydroxyl groups is 1. The number of esters is 1. The molecule has 1 N–H and O–H groups in total. The van der Waals surface area contributed by atoms with E-state index in [4.69, 9.17) is 9.15 Å². The first-order valence-corrected chi connectivity index (χ1v) is 12.7. The summed E-state index contributed by atoms with van der Waals surface area (Å²) >= 11 is 0. The van der Waals surface area contributed by atoms with Crippen LogP contribution in [0.1, 0.15) is 89.9 Å². The van der Waals surface area contributed by atoms with Crippen LogP contribution in [0.5, 0.6) is 0 Å². The van der Waals surface area contributed by atoms with Gasteiger partial charge in [0.05, 0.1) is 29.8 Å². The van der Waals surface area contributed by atoms with E-state index in [0.29, 0.717) is 16.9 Å². The highest BCUT2D eigenvalue weighted by Crippen LogP contribution is 2.28. The van der Waals surface area contributed by atoms with Crippen LogP contribution in [0.4, 0.5) is 0 Å². The molecule has 0 aliphatic heterocycles. The molecule has 0 bridgehead atoms. The minimum atomic E-state index is -1.39. The number of hydrogen-bond acceptors (Lipinski definition) is 8. The summed E-state index contributed by atoms with van der Waals surface area (Å²) in [5, 5.41) is 10.9. The summed E-state index contributed by atoms with van der Waals surface area (Å²) in [6, 6.07) is 0. The molecule has 0 saturated heterocycles. The molecule has 0 spiro atoms. The van der Waals surface area contributed by atoms with E-state index in [0.717, 1.165) is 0 Å². The van der Waals surface area contributed by atoms with Crippen LogP contribution in [0.15, 0.2) is 9.21 Å². The van der Waals surface area contributed by atoms with Gasteiger partial charge in [-0.3, -0.25) is 24.0 Å². The summed E-state index contributed by atoms with van der Waals surface area (Å²) in [4.78, 5) is 63.3. The van der Waals surface area contributed by atoms with Crippen molar-refractivity contribution in [1.29, 1.82) is 0 Å². The van der Waals surface area contributed by atoms with E-state index >= 15 is 0 Å². The highest BCUT2D eigenvalue weighted by atomic mass is 16.5. The molecular formula is C28H42O8. The Balaban J connectivity index is 3.12. The molecule has 202 valence electrons. The number of hydrogen-bond donors (Lipinski definition) is 1. The Morgan fingerprint density at radius 2 is 1.28 bits per heavy atom. The number of ether oxygens (including phenoxy) is 1. The first-order valence-electron chi connectivity index (χ1n) is 12.7. The van der Waals surface area contributed by atoms with E-state index < -0.39 is 53.6 Å². The minimum Gasteiger partial charge on any atom is -0.465 e. The molecule has 6 atom stereocenters. The Morgan fingerprint density at radius 3 is 1.72 bits per heavy atom. The van der Waals surface area contributed by atoms with Gasteiger partial charge in [0.1, 0.15) is 35.0 Å². The molecular weight excluding hydrogens is 464 g/mol. The van der Waals surface area contributed by atoms with Crippen molar-refractivity contribution in [2.45, 2.75) is 100 Å². The average Bonchev–Trinajstić information content (AvgIpc) is 2.88. The zero-order chi connectivity index (χ0) is 28.1. The van der Waals surface area contributed by atoms with Crippen molar-refractivity contribution in [3.63, 3.8) is 0 Å². The average molecular weight is 507 g/mol. The van der Waals surface area contributed by atoms with Gasteiger partial charge in [-0.05, 0) is 34.6 Å². The molecule has 0 radical (unpaired) electrons. The number of aliphatic hydroxyl groups excluding tert-OH is 1. The summed E-state index contributed by atoms with van der Waals surface area (Å²) in [5.74, 6) is -5.08. The summed E-state index contributed by atoms with van der Waals surface area (Å²) < 4.78 is 11.4. The van der Waals surface area contributed by atoms with Crippen LogP contribution in [0.3, 0.4) is 0 Å². The van der Waals surface area contributed by atoms with Gasteiger partial charge in [-0.15, -0.1) is 0 Å². The third kappa shape index (κ3) is 6.78. The fraction of sp³-hybridized carbons (Fsp3) is 0.679. The number of carbonyl (C=O) groups excluding carboxylic acids is 4. The predicted molar refractivity (Wildman–Crippen MR) is 136 cm³/mol. The number of rotatable bonds is 13. The highest BCUT2D eigenvalue weighted by Gasteiger charge is 2.39. The van der Waals surface area contributed by atoms with E-state index in [2.05, 4.69) is 0 Å². The van der Waals surface area contributed by atoms with Gasteiger partial charge in [0.15, 0.2) is 5.43 Å². The molecule has 36 heavy (non-hydrogen) atoms. The lowest BCUT2D eigenvalue weighted by atomic mass is 9.83. The van der Waals surface area contributed by atoms with Crippen LogP contribution in [-0.2, 0) is 23.9 Å². The van der Waals surface area contributed by atoms with Gasteiger partial charge < -0.3 is 14.3 Å². The largest absolute Gasteiger partial charge is 0.465 e. The van der Waals surface area contributed by atoms with Crippen molar-refractivity contribution >= 4 is 23.3 Å². The van der Waals surface area contributed by atoms with E-state index in [1.165, 1.54) is 13.8 Å². The zero-order valence-electron chi connectivity index (χ0n) is 23.3. The first kappa shape index (κ1) is 31.4. The standard InChI is InChI=1S/C28H42O8/c1-11-21(29)14(4)26(15(5)22(30)12-2)36-28(34)19(9)25(33)16(6)24(32)18(8)27-17(7)23(31)13(3)20(10)35-27/h14-16,18-19,25-26,33H,11-12H2,1-10H3. The smallest absolute Gasteiger partial charge is 0.311 e. The third-order valence-corrected chi connectivity index (χ3v) is 7.46. The molecule has 6 unspecified atom stereocenters. The second-order valence-electron chi connectivity index (χ2n) is 9.91. The SMILES string of the molecule is CCC(=O)C(C)C(OC(=O)C(C)C(O)C(C)C(=O)C(C)c1oc(C)c(C)c(=O)c1C)C(C)C(=O)CC. The maximum Gasteiger partial charge on any atom is 0.311 e. The maximum absolute atomic E-state index is 13.2. The molecule has 0 fully saturated rings. The van der Waals surface area contributed by atoms with Gasteiger partial charge in [-0.25, -0.2) is 0 Å². The Hall–Kier alpha value is -2.61. The summed E-state index contributed by atoms with van der Waals surface area (Å²) in [6.45, 7) is 16.1. The Labute approximate surface area is 213 Å². The maximum atomic E-state index is 13.2. The van der Waals surface area contributed by atoms with Crippen LogP contribution in [-0.4, -0.2) is 40.6 Å². The van der Waals surface area contributed by atoms with Gasteiger partial charge in [0.2, 0.25) is 0 Å². The number of Topliss-reactive ketones (excluding diaryl/α,β-unsaturated/α-hetero) is 3. The second kappa shape index (κ2) is 13.1. The zero-order valence-corrected chi connectivity index (χ0v) is 23.3. The van der Waals surface area contributed by atoms with Crippen LogP contribution >= 0.6 is 0 Å². The molecule has 8 nitrogen and oxygen atoms in total. The molecule has 0 aliphatic rings. The van der Waals surface area contributed by atoms with Gasteiger partial charge in [-0.2, -0.15) is 0 Å². The van der Waals surface area contributed by atoms with Crippen LogP contribution in [0.25, 0.3) is 0 Å². The van der Waals surface area contributed by atoms with E-state index in [-0.39, 0.29) is 35.6 Å². The molecule has 1 heterocycles. The van der Waals surface area contributed by atoms with Gasteiger partial charge in [-0.1, -0.05) is 34.6 Å². The Kier molecular flexibility index (Phi) is 11.4. The molecule has 1 aromatic heterocycles. The Morgan fingerprint density at radius 1 is 0.806 bits per heavy atom. The fourth-order valence-corrected chi connectivity index (χ4v) is 4.44. The van der Waals surface area contributed by atoms with Gasteiger partial charge in [0, 0.05) is 29.9 Å². The fourth-order valence-electron chi connectivity index (χ4n) is 4.44. The van der Waals surface area contributed by atoms with Gasteiger partial charge >= 0.3 is 5.97 Å². The molecule has 8 heteroatoms. The van der Waals surface area contributed by atoms with Crippen LogP contribution in [0.2, 0.25) is 0 Å². The molecule has 0 saturated carbocycles. The van der Waals surface area contributed by atoms with E-state index in [1.807, 2.05) is 0 Å². The topological polar surface area (TPSA) is 128 Å². The van der Waals surface area contributed by atoms with Crippen molar-refractivity contribution < 1.29 is 33.4 Å². The lowest BCUT2D eigenvalue weighted by molar-refractivity contribution is -0.166. The number of ketones is 3. The van der Waals surface area contributed by atoms with E-state index in [9.17, 15) is 29.1 Å². The quantitative estimate of drug-likeness (QED) is 0.397. The van der Waals surface area contributed by atoms with Crippen molar-refractivity contribution in [3.05, 3.63) is 32.9 Å². The predicted octanol–water partition coefficient (Wildman–Crippen LogP) is 4.01. The minimum absolute atomic E-state index is 0.139.